The Morgan fingerprint density at radius 1 is 0.818 bits per heavy atom. The van der Waals surface area contributed by atoms with E-state index in [1.807, 2.05) is 0 Å². The van der Waals surface area contributed by atoms with E-state index in [1.165, 1.54) is 88.5 Å². The average molecular weight is 501 g/mol. The van der Waals surface area contributed by atoms with Crippen LogP contribution in [-0.2, 0) is 16.5 Å². The summed E-state index contributed by atoms with van der Waals surface area (Å²) in [6, 6.07) is 10.7. The molecular weight excluding hydrogens is 463 g/mol. The molecule has 0 saturated heterocycles. The predicted molar refractivity (Wildman–Crippen MR) is 127 cm³/mol. The Morgan fingerprint density at radius 3 is 1.91 bits per heavy atom. The molecule has 0 aliphatic rings. The summed E-state index contributed by atoms with van der Waals surface area (Å²) in [4.78, 5) is -0.215. The van der Waals surface area contributed by atoms with Crippen LogP contribution < -0.4 is 61.2 Å². The molecular formula is C26H37KO5S. The zero-order valence-corrected chi connectivity index (χ0v) is 24.2. The Morgan fingerprint density at radius 2 is 1.36 bits per heavy atom. The van der Waals surface area contributed by atoms with E-state index in [2.05, 4.69) is 6.92 Å². The van der Waals surface area contributed by atoms with Gasteiger partial charge in [-0.3, -0.25) is 4.55 Å². The van der Waals surface area contributed by atoms with Gasteiger partial charge in [0.15, 0.2) is 0 Å². The average Bonchev–Trinajstić information content (AvgIpc) is 2.75. The van der Waals surface area contributed by atoms with E-state index in [0.29, 0.717) is 6.42 Å². The smallest absolute Gasteiger partial charge is 0.870 e. The number of aryl methyl sites for hydroxylation is 1. The number of para-hydroxylation sites is 2. The van der Waals surface area contributed by atoms with Crippen LogP contribution in [-0.4, -0.2) is 13.0 Å². The maximum absolute atomic E-state index is 11.9. The van der Waals surface area contributed by atoms with Gasteiger partial charge in [-0.1, -0.05) is 102 Å². The Labute approximate surface area is 242 Å². The Balaban J connectivity index is 0.00000544. The number of benzene rings is 2. The molecule has 0 bridgehead atoms. The zero-order valence-electron chi connectivity index (χ0n) is 20.2. The van der Waals surface area contributed by atoms with E-state index in [-0.39, 0.29) is 73.5 Å². The molecule has 0 aliphatic heterocycles. The van der Waals surface area contributed by atoms with Gasteiger partial charge in [0.05, 0.1) is 4.90 Å². The normalized spacial score (nSPS) is 11.2. The molecule has 0 amide bonds. The van der Waals surface area contributed by atoms with Crippen molar-refractivity contribution in [3.05, 3.63) is 48.0 Å². The van der Waals surface area contributed by atoms with Gasteiger partial charge in [0, 0.05) is 6.07 Å². The summed E-state index contributed by atoms with van der Waals surface area (Å²) in [5.74, 6) is 0.0703. The molecule has 0 aliphatic carbocycles. The molecule has 5 nitrogen and oxygen atoms in total. The van der Waals surface area contributed by atoms with Gasteiger partial charge < -0.3 is 9.84 Å². The first-order valence-electron chi connectivity index (χ1n) is 12.0. The van der Waals surface area contributed by atoms with Gasteiger partial charge >= 0.3 is 51.4 Å². The standard InChI is InChI=1S/C26H38O5S.K/c1-2-3-4-5-6-7-8-9-10-11-12-13-16-22-19-23(21-24(20-22)32(28,29)30)31-26-18-15-14-17-25(26)27;/h14-15,17-21,27H,2-13,16H2,1H3,(H,28,29,30);/q;+1/p-1. The Kier molecular flexibility index (Phi) is 15.9. The third kappa shape index (κ3) is 12.7. The number of ether oxygens (including phenoxy) is 1. The third-order valence-corrected chi connectivity index (χ3v) is 6.47. The van der Waals surface area contributed by atoms with E-state index in [0.717, 1.165) is 18.4 Å². The van der Waals surface area contributed by atoms with Crippen molar-refractivity contribution in [2.75, 3.05) is 0 Å². The van der Waals surface area contributed by atoms with Crippen LogP contribution in [0.2, 0.25) is 0 Å². The van der Waals surface area contributed by atoms with Gasteiger partial charge in [-0.05, 0) is 36.6 Å². The first-order chi connectivity index (χ1) is 15.4. The molecule has 178 valence electrons. The van der Waals surface area contributed by atoms with Crippen LogP contribution in [0.4, 0.5) is 0 Å². The molecule has 2 aromatic rings. The van der Waals surface area contributed by atoms with Gasteiger partial charge in [0.1, 0.15) is 11.5 Å². The van der Waals surface area contributed by atoms with Crippen LogP contribution in [0.5, 0.6) is 17.2 Å². The van der Waals surface area contributed by atoms with Crippen molar-refractivity contribution in [3.8, 4) is 17.2 Å². The predicted octanol–water partition coefficient (Wildman–Crippen LogP) is 4.05. The molecule has 0 saturated carbocycles. The van der Waals surface area contributed by atoms with Gasteiger partial charge in [-0.25, -0.2) is 0 Å². The molecule has 0 unspecified atom stereocenters. The van der Waals surface area contributed by atoms with Crippen molar-refractivity contribution in [3.63, 3.8) is 0 Å². The Hall–Kier alpha value is -0.414. The fourth-order valence-corrected chi connectivity index (χ4v) is 4.38. The van der Waals surface area contributed by atoms with Crippen molar-refractivity contribution in [2.45, 2.75) is 95.3 Å². The third-order valence-electron chi connectivity index (χ3n) is 5.63. The van der Waals surface area contributed by atoms with E-state index in [9.17, 15) is 18.1 Å². The van der Waals surface area contributed by atoms with Crippen molar-refractivity contribution < 1.29 is 74.2 Å². The van der Waals surface area contributed by atoms with Gasteiger partial charge in [0.25, 0.3) is 10.1 Å². The van der Waals surface area contributed by atoms with Crippen LogP contribution in [0.15, 0.2) is 47.4 Å². The summed E-state index contributed by atoms with van der Waals surface area (Å²) in [6.45, 7) is 2.24. The second kappa shape index (κ2) is 17.1. The minimum absolute atomic E-state index is 0. The van der Waals surface area contributed by atoms with E-state index < -0.39 is 10.1 Å². The summed E-state index contributed by atoms with van der Waals surface area (Å²) in [7, 11) is -4.36. The summed E-state index contributed by atoms with van der Waals surface area (Å²) in [5.41, 5.74) is 0.769. The maximum Gasteiger partial charge on any atom is 1.00 e. The molecule has 0 atom stereocenters. The zero-order chi connectivity index (χ0) is 23.2. The summed E-state index contributed by atoms with van der Waals surface area (Å²) in [5, 5.41) is 11.9. The molecule has 1 N–H and O–H groups in total. The molecule has 7 heteroatoms. The summed E-state index contributed by atoms with van der Waals surface area (Å²) >= 11 is 0. The fourth-order valence-electron chi connectivity index (χ4n) is 3.81. The molecule has 0 heterocycles. The SMILES string of the molecule is CCCCCCCCCCCCCCc1cc(Oc2ccccc2[O-])cc(S(=O)(=O)O)c1.[K+]. The van der Waals surface area contributed by atoms with E-state index >= 15 is 0 Å². The first kappa shape index (κ1) is 30.6. The van der Waals surface area contributed by atoms with Crippen LogP contribution in [0.25, 0.3) is 0 Å². The number of hydrogen-bond acceptors (Lipinski definition) is 4. The largest absolute Gasteiger partial charge is 1.00 e. The topological polar surface area (TPSA) is 86.7 Å². The molecule has 2 rings (SSSR count). The van der Waals surface area contributed by atoms with Crippen molar-refractivity contribution >= 4 is 10.1 Å². The van der Waals surface area contributed by atoms with Gasteiger partial charge in [-0.15, -0.1) is 0 Å². The Bertz CT molecular complexity index is 915. The van der Waals surface area contributed by atoms with Crippen molar-refractivity contribution in [1.82, 2.24) is 0 Å². The number of hydrogen-bond donors (Lipinski definition) is 1. The number of unbranched alkanes of at least 4 members (excludes halogenated alkanes) is 11. The molecule has 2 aromatic carbocycles. The summed E-state index contributed by atoms with van der Waals surface area (Å²) in [6.07, 6.45) is 15.8. The van der Waals surface area contributed by atoms with E-state index in [1.54, 1.807) is 18.2 Å². The molecule has 33 heavy (non-hydrogen) atoms. The van der Waals surface area contributed by atoms with Crippen molar-refractivity contribution in [1.29, 1.82) is 0 Å². The number of rotatable bonds is 16. The first-order valence-corrected chi connectivity index (χ1v) is 13.4. The van der Waals surface area contributed by atoms with Crippen LogP contribution in [0.1, 0.15) is 89.5 Å². The van der Waals surface area contributed by atoms with Crippen molar-refractivity contribution in [2.24, 2.45) is 0 Å². The van der Waals surface area contributed by atoms with Crippen LogP contribution >= 0.6 is 0 Å². The monoisotopic (exact) mass is 500 g/mol. The maximum atomic E-state index is 11.9. The second-order valence-electron chi connectivity index (χ2n) is 8.48. The van der Waals surface area contributed by atoms with E-state index in [4.69, 9.17) is 4.74 Å². The summed E-state index contributed by atoms with van der Waals surface area (Å²) < 4.78 is 38.4. The molecule has 0 spiro atoms. The van der Waals surface area contributed by atoms with Crippen LogP contribution in [0, 0.1) is 0 Å². The second-order valence-corrected chi connectivity index (χ2v) is 9.90. The molecule has 0 aromatic heterocycles. The molecule has 0 fully saturated rings. The fraction of sp³-hybridized carbons (Fsp3) is 0.538. The quantitative estimate of drug-likeness (QED) is 0.213. The van der Waals surface area contributed by atoms with Gasteiger partial charge in [-0.2, -0.15) is 8.42 Å². The minimum atomic E-state index is -4.36. The minimum Gasteiger partial charge on any atom is -0.870 e. The van der Waals surface area contributed by atoms with Gasteiger partial charge in [0.2, 0.25) is 0 Å². The van der Waals surface area contributed by atoms with Crippen LogP contribution in [0.3, 0.4) is 0 Å². The molecule has 0 radical (unpaired) electrons.